The van der Waals surface area contributed by atoms with Crippen LogP contribution in [0.5, 0.6) is 0 Å². The average Bonchev–Trinajstić information content (AvgIpc) is 2.63. The highest BCUT2D eigenvalue weighted by Gasteiger charge is 1.84. The van der Waals surface area contributed by atoms with Crippen LogP contribution in [0.1, 0.15) is 40.3 Å². The number of aryl methyl sites for hydroxylation is 1. The average molecular weight is 173 g/mol. The lowest BCUT2D eigenvalue weighted by molar-refractivity contribution is 1.06. The number of thiazole rings is 1. The Balaban J connectivity index is 0. The molecule has 1 aromatic rings. The van der Waals surface area contributed by atoms with Crippen LogP contribution in [0, 0.1) is 0 Å². The van der Waals surface area contributed by atoms with Crippen molar-refractivity contribution in [2.45, 2.75) is 41.0 Å². The number of aromatic nitrogens is 1. The lowest BCUT2D eigenvalue weighted by Crippen LogP contribution is -1.73. The number of hydrogen-bond donors (Lipinski definition) is 0. The first kappa shape index (κ1) is 13.2. The van der Waals surface area contributed by atoms with Crippen LogP contribution >= 0.6 is 11.3 Å². The molecule has 1 aromatic heterocycles. The molecule has 11 heavy (non-hydrogen) atoms. The van der Waals surface area contributed by atoms with E-state index in [1.165, 1.54) is 5.69 Å². The molecule has 0 saturated heterocycles. The maximum Gasteiger partial charge on any atom is 0.0794 e. The molecule has 0 aliphatic rings. The molecular weight excluding hydrogens is 154 g/mol. The Morgan fingerprint density at radius 1 is 1.27 bits per heavy atom. The molecule has 2 heteroatoms. The van der Waals surface area contributed by atoms with E-state index in [4.69, 9.17) is 0 Å². The highest BCUT2D eigenvalue weighted by Crippen LogP contribution is 1.99. The van der Waals surface area contributed by atoms with E-state index in [0.29, 0.717) is 0 Å². The Kier molecular flexibility index (Phi) is 14.8. The number of rotatable bonds is 1. The first-order valence-corrected chi connectivity index (χ1v) is 5.25. The fourth-order valence-electron chi connectivity index (χ4n) is 0.412. The molecule has 0 amide bonds. The van der Waals surface area contributed by atoms with Crippen LogP contribution in [0.15, 0.2) is 10.9 Å². The van der Waals surface area contributed by atoms with E-state index in [1.54, 1.807) is 11.3 Å². The fraction of sp³-hybridized carbons (Fsp3) is 0.667. The van der Waals surface area contributed by atoms with Gasteiger partial charge in [0, 0.05) is 5.38 Å². The van der Waals surface area contributed by atoms with Gasteiger partial charge in [0.15, 0.2) is 0 Å². The summed E-state index contributed by atoms with van der Waals surface area (Å²) >= 11 is 1.65. The van der Waals surface area contributed by atoms with Crippen molar-refractivity contribution in [2.75, 3.05) is 0 Å². The van der Waals surface area contributed by atoms with Gasteiger partial charge in [-0.3, -0.25) is 0 Å². The minimum atomic E-state index is 1.06. The van der Waals surface area contributed by atoms with Gasteiger partial charge in [-0.1, -0.05) is 34.6 Å². The second-order valence-corrected chi connectivity index (χ2v) is 2.05. The zero-order chi connectivity index (χ0) is 9.11. The summed E-state index contributed by atoms with van der Waals surface area (Å²) in [6.45, 7) is 10.1. The summed E-state index contributed by atoms with van der Waals surface area (Å²) in [7, 11) is 0. The normalized spacial score (nSPS) is 7.00. The van der Waals surface area contributed by atoms with Gasteiger partial charge in [-0.05, 0) is 6.42 Å². The summed E-state index contributed by atoms with van der Waals surface area (Å²) in [6, 6.07) is 0. The highest BCUT2D eigenvalue weighted by atomic mass is 32.1. The van der Waals surface area contributed by atoms with Crippen molar-refractivity contribution >= 4 is 11.3 Å². The smallest absolute Gasteiger partial charge is 0.0794 e. The van der Waals surface area contributed by atoms with Crippen LogP contribution in [0.3, 0.4) is 0 Å². The SMILES string of the molecule is CC.CC.CCc1cscn1. The molecule has 0 aromatic carbocycles. The molecule has 0 spiro atoms. The Hall–Kier alpha value is -0.370. The molecule has 0 radical (unpaired) electrons. The molecule has 0 N–H and O–H groups in total. The van der Waals surface area contributed by atoms with Gasteiger partial charge >= 0.3 is 0 Å². The summed E-state index contributed by atoms with van der Waals surface area (Å²) in [5, 5.41) is 2.07. The van der Waals surface area contributed by atoms with Gasteiger partial charge in [-0.15, -0.1) is 11.3 Å². The van der Waals surface area contributed by atoms with E-state index >= 15 is 0 Å². The predicted octanol–water partition coefficient (Wildman–Crippen LogP) is 3.76. The van der Waals surface area contributed by atoms with Gasteiger partial charge in [0.2, 0.25) is 0 Å². The summed E-state index contributed by atoms with van der Waals surface area (Å²) in [5.74, 6) is 0. The van der Waals surface area contributed by atoms with Crippen LogP contribution in [-0.4, -0.2) is 4.98 Å². The largest absolute Gasteiger partial charge is 0.250 e. The van der Waals surface area contributed by atoms with Crippen molar-refractivity contribution in [1.82, 2.24) is 4.98 Å². The Morgan fingerprint density at radius 2 is 1.82 bits per heavy atom. The van der Waals surface area contributed by atoms with Crippen molar-refractivity contribution in [3.8, 4) is 0 Å². The standard InChI is InChI=1S/C5H7NS.2C2H6/c1-2-5-3-7-4-6-5;2*1-2/h3-4H,2H2,1H3;2*1-2H3. The predicted molar refractivity (Wildman–Crippen MR) is 54.2 cm³/mol. The topological polar surface area (TPSA) is 12.9 Å². The molecule has 66 valence electrons. The zero-order valence-corrected chi connectivity index (χ0v) is 9.03. The summed E-state index contributed by atoms with van der Waals surface area (Å²) in [5.41, 5.74) is 3.06. The van der Waals surface area contributed by atoms with Gasteiger partial charge in [0.05, 0.1) is 11.2 Å². The first-order chi connectivity index (χ1) is 5.43. The molecule has 0 bridgehead atoms. The highest BCUT2D eigenvalue weighted by molar-refractivity contribution is 7.07. The molecule has 1 nitrogen and oxygen atoms in total. The van der Waals surface area contributed by atoms with E-state index in [9.17, 15) is 0 Å². The lowest BCUT2D eigenvalue weighted by atomic mass is 10.4. The molecule has 0 aliphatic heterocycles. The molecule has 1 rings (SSSR count). The third-order valence-electron chi connectivity index (χ3n) is 0.846. The Bertz CT molecular complexity index is 124. The van der Waals surface area contributed by atoms with Crippen molar-refractivity contribution in [2.24, 2.45) is 0 Å². The van der Waals surface area contributed by atoms with E-state index in [2.05, 4.69) is 17.3 Å². The number of hydrogen-bond acceptors (Lipinski definition) is 2. The second-order valence-electron chi connectivity index (χ2n) is 1.33. The van der Waals surface area contributed by atoms with Gasteiger partial charge in [0.1, 0.15) is 0 Å². The van der Waals surface area contributed by atoms with Crippen LogP contribution < -0.4 is 0 Å². The van der Waals surface area contributed by atoms with Crippen molar-refractivity contribution < 1.29 is 0 Å². The molecule has 0 fully saturated rings. The zero-order valence-electron chi connectivity index (χ0n) is 8.22. The lowest BCUT2D eigenvalue weighted by Gasteiger charge is -1.77. The van der Waals surface area contributed by atoms with Crippen LogP contribution in [0.2, 0.25) is 0 Å². The third-order valence-corrected chi connectivity index (χ3v) is 1.48. The van der Waals surface area contributed by atoms with Gasteiger partial charge in [-0.25, -0.2) is 4.98 Å². The maximum atomic E-state index is 4.05. The minimum Gasteiger partial charge on any atom is -0.250 e. The molecule has 1 heterocycles. The quantitative estimate of drug-likeness (QED) is 0.630. The van der Waals surface area contributed by atoms with Crippen LogP contribution in [0.25, 0.3) is 0 Å². The van der Waals surface area contributed by atoms with Crippen molar-refractivity contribution in [3.63, 3.8) is 0 Å². The van der Waals surface area contributed by atoms with Gasteiger partial charge < -0.3 is 0 Å². The van der Waals surface area contributed by atoms with Gasteiger partial charge in [-0.2, -0.15) is 0 Å². The van der Waals surface area contributed by atoms with Gasteiger partial charge in [0.25, 0.3) is 0 Å². The molecular formula is C9H19NS. The monoisotopic (exact) mass is 173 g/mol. The molecule has 0 atom stereocenters. The van der Waals surface area contributed by atoms with E-state index < -0.39 is 0 Å². The molecule has 0 saturated carbocycles. The Labute approximate surface area is 74.5 Å². The summed E-state index contributed by atoms with van der Waals surface area (Å²) in [6.07, 6.45) is 1.06. The van der Waals surface area contributed by atoms with Crippen LogP contribution in [0.4, 0.5) is 0 Å². The van der Waals surface area contributed by atoms with Crippen LogP contribution in [-0.2, 0) is 6.42 Å². The summed E-state index contributed by atoms with van der Waals surface area (Å²) in [4.78, 5) is 4.05. The fourth-order valence-corrected chi connectivity index (χ4v) is 1.05. The third kappa shape index (κ3) is 7.53. The van der Waals surface area contributed by atoms with E-state index in [1.807, 2.05) is 33.2 Å². The summed E-state index contributed by atoms with van der Waals surface area (Å²) < 4.78 is 0. The van der Waals surface area contributed by atoms with E-state index in [-0.39, 0.29) is 0 Å². The molecule has 0 unspecified atom stereocenters. The maximum absolute atomic E-state index is 4.05. The first-order valence-electron chi connectivity index (χ1n) is 4.30. The van der Waals surface area contributed by atoms with Crippen molar-refractivity contribution in [3.05, 3.63) is 16.6 Å². The Morgan fingerprint density at radius 3 is 2.00 bits per heavy atom. The second kappa shape index (κ2) is 12.3. The number of nitrogens with zero attached hydrogens (tertiary/aromatic N) is 1. The molecule has 0 aliphatic carbocycles. The van der Waals surface area contributed by atoms with Crippen molar-refractivity contribution in [1.29, 1.82) is 0 Å². The van der Waals surface area contributed by atoms with E-state index in [0.717, 1.165) is 6.42 Å². The minimum absolute atomic E-state index is 1.06.